The minimum atomic E-state index is -0.218. The Labute approximate surface area is 102 Å². The van der Waals surface area contributed by atoms with E-state index in [0.29, 0.717) is 17.2 Å². The maximum atomic E-state index is 11.5. The molecule has 6 nitrogen and oxygen atoms in total. The number of carbonyl (C=O) groups is 1. The number of nitrogens with two attached hydrogens (primary N) is 1. The zero-order valence-corrected chi connectivity index (χ0v) is 9.67. The molecule has 1 amide bonds. The molecule has 0 atom stereocenters. The van der Waals surface area contributed by atoms with Crippen LogP contribution in [0.1, 0.15) is 0 Å². The van der Waals surface area contributed by atoms with Crippen molar-refractivity contribution in [3.63, 3.8) is 0 Å². The summed E-state index contributed by atoms with van der Waals surface area (Å²) in [5, 5.41) is 9.59. The second-order valence-electron chi connectivity index (χ2n) is 3.27. The van der Waals surface area contributed by atoms with E-state index in [1.54, 1.807) is 18.2 Å². The van der Waals surface area contributed by atoms with Crippen LogP contribution in [-0.4, -0.2) is 23.6 Å². The van der Waals surface area contributed by atoms with Crippen LogP contribution in [0.3, 0.4) is 0 Å². The van der Waals surface area contributed by atoms with E-state index < -0.39 is 0 Å². The van der Waals surface area contributed by atoms with E-state index >= 15 is 0 Å². The minimum absolute atomic E-state index is 0.0779. The highest BCUT2D eigenvalue weighted by molar-refractivity contribution is 8.14. The summed E-state index contributed by atoms with van der Waals surface area (Å²) >= 11 is 0.977. The van der Waals surface area contributed by atoms with E-state index in [1.807, 2.05) is 0 Å². The third-order valence-corrected chi connectivity index (χ3v) is 2.73. The van der Waals surface area contributed by atoms with Crippen molar-refractivity contribution in [2.45, 2.75) is 0 Å². The molecular formula is C10H11N3O3S. The highest BCUT2D eigenvalue weighted by Crippen LogP contribution is 2.34. The summed E-state index contributed by atoms with van der Waals surface area (Å²) in [5.74, 6) is 1.18. The second-order valence-corrected chi connectivity index (χ2v) is 4.29. The largest absolute Gasteiger partial charge is 0.454 e. The molecule has 17 heavy (non-hydrogen) atoms. The fraction of sp³-hybridized carbons (Fsp3) is 0.200. The Morgan fingerprint density at radius 1 is 1.47 bits per heavy atom. The summed E-state index contributed by atoms with van der Waals surface area (Å²) < 4.78 is 10.3. The van der Waals surface area contributed by atoms with Crippen molar-refractivity contribution in [2.24, 2.45) is 5.73 Å². The Hall–Kier alpha value is -1.89. The standard InChI is InChI=1S/C10H11N3O3S/c11-10(12)17-4-9(14)13-6-1-2-7-8(3-6)16-5-15-7/h1-3H,4-5H2,(H3,11,12)(H,13,14). The first-order chi connectivity index (χ1) is 8.15. The van der Waals surface area contributed by atoms with Crippen LogP contribution in [0.2, 0.25) is 0 Å². The molecular weight excluding hydrogens is 242 g/mol. The Morgan fingerprint density at radius 3 is 3.00 bits per heavy atom. The van der Waals surface area contributed by atoms with Gasteiger partial charge >= 0.3 is 0 Å². The van der Waals surface area contributed by atoms with Gasteiger partial charge in [-0.25, -0.2) is 0 Å². The molecule has 0 fully saturated rings. The molecule has 0 bridgehead atoms. The molecule has 0 aliphatic carbocycles. The Balaban J connectivity index is 1.95. The Kier molecular flexibility index (Phi) is 3.38. The molecule has 1 aromatic carbocycles. The summed E-state index contributed by atoms with van der Waals surface area (Å²) in [6, 6.07) is 5.15. The van der Waals surface area contributed by atoms with Crippen LogP contribution in [0.4, 0.5) is 5.69 Å². The summed E-state index contributed by atoms with van der Waals surface area (Å²) in [5.41, 5.74) is 5.77. The van der Waals surface area contributed by atoms with Gasteiger partial charge in [0.05, 0.1) is 5.75 Å². The van der Waals surface area contributed by atoms with Crippen molar-refractivity contribution in [2.75, 3.05) is 17.9 Å². The van der Waals surface area contributed by atoms with Crippen molar-refractivity contribution in [3.05, 3.63) is 18.2 Å². The number of thioether (sulfide) groups is 1. The molecule has 1 heterocycles. The van der Waals surface area contributed by atoms with Crippen molar-refractivity contribution in [3.8, 4) is 11.5 Å². The molecule has 0 saturated carbocycles. The number of anilines is 1. The maximum Gasteiger partial charge on any atom is 0.234 e. The van der Waals surface area contributed by atoms with Crippen LogP contribution in [0, 0.1) is 5.41 Å². The third kappa shape index (κ3) is 3.04. The smallest absolute Gasteiger partial charge is 0.234 e. The van der Waals surface area contributed by atoms with Gasteiger partial charge in [0.2, 0.25) is 12.7 Å². The van der Waals surface area contributed by atoms with E-state index in [0.717, 1.165) is 11.8 Å². The first-order valence-corrected chi connectivity index (χ1v) is 5.80. The average molecular weight is 253 g/mol. The van der Waals surface area contributed by atoms with Crippen molar-refractivity contribution < 1.29 is 14.3 Å². The molecule has 0 saturated heterocycles. The van der Waals surface area contributed by atoms with Gasteiger partial charge in [-0.2, -0.15) is 0 Å². The zero-order chi connectivity index (χ0) is 12.3. The predicted molar refractivity (Wildman–Crippen MR) is 65.6 cm³/mol. The topological polar surface area (TPSA) is 97.4 Å². The van der Waals surface area contributed by atoms with Gasteiger partial charge in [0, 0.05) is 11.8 Å². The second kappa shape index (κ2) is 4.96. The predicted octanol–water partition coefficient (Wildman–Crippen LogP) is 0.980. The number of amidine groups is 1. The number of carbonyl (C=O) groups excluding carboxylic acids is 1. The number of hydrogen-bond donors (Lipinski definition) is 3. The van der Waals surface area contributed by atoms with Gasteiger partial charge in [0.25, 0.3) is 0 Å². The Morgan fingerprint density at radius 2 is 2.24 bits per heavy atom. The van der Waals surface area contributed by atoms with Gasteiger partial charge in [-0.15, -0.1) is 0 Å². The summed E-state index contributed by atoms with van der Waals surface area (Å²) in [7, 11) is 0. The Bertz CT molecular complexity index is 464. The van der Waals surface area contributed by atoms with E-state index in [9.17, 15) is 4.79 Å². The van der Waals surface area contributed by atoms with E-state index in [4.69, 9.17) is 20.6 Å². The van der Waals surface area contributed by atoms with Crippen molar-refractivity contribution in [1.82, 2.24) is 0 Å². The number of benzene rings is 1. The molecule has 0 aromatic heterocycles. The molecule has 1 aromatic rings. The maximum absolute atomic E-state index is 11.5. The van der Waals surface area contributed by atoms with Crippen LogP contribution in [0.5, 0.6) is 11.5 Å². The lowest BCUT2D eigenvalue weighted by Gasteiger charge is -2.05. The number of ether oxygens (including phenoxy) is 2. The van der Waals surface area contributed by atoms with Crippen LogP contribution in [0.25, 0.3) is 0 Å². The van der Waals surface area contributed by atoms with E-state index in [-0.39, 0.29) is 23.6 Å². The fourth-order valence-corrected chi connectivity index (χ4v) is 1.67. The number of nitrogens with one attached hydrogen (secondary N) is 2. The van der Waals surface area contributed by atoms with E-state index in [2.05, 4.69) is 5.32 Å². The van der Waals surface area contributed by atoms with Crippen molar-refractivity contribution >= 4 is 28.5 Å². The summed E-state index contributed by atoms with van der Waals surface area (Å²) in [6.07, 6.45) is 0. The zero-order valence-electron chi connectivity index (χ0n) is 8.86. The first kappa shape index (κ1) is 11.6. The van der Waals surface area contributed by atoms with E-state index in [1.165, 1.54) is 0 Å². The van der Waals surface area contributed by atoms with Crippen LogP contribution in [0.15, 0.2) is 18.2 Å². The van der Waals surface area contributed by atoms with Crippen LogP contribution >= 0.6 is 11.8 Å². The fourth-order valence-electron chi connectivity index (χ4n) is 1.31. The lowest BCUT2D eigenvalue weighted by atomic mass is 10.3. The summed E-state index contributed by atoms with van der Waals surface area (Å²) in [6.45, 7) is 0.201. The molecule has 90 valence electrons. The number of rotatable bonds is 3. The number of amides is 1. The monoisotopic (exact) mass is 253 g/mol. The molecule has 1 aliphatic heterocycles. The molecule has 0 radical (unpaired) electrons. The lowest BCUT2D eigenvalue weighted by Crippen LogP contribution is -2.17. The normalized spacial score (nSPS) is 12.2. The highest BCUT2D eigenvalue weighted by atomic mass is 32.2. The van der Waals surface area contributed by atoms with Gasteiger partial charge in [0.1, 0.15) is 0 Å². The first-order valence-electron chi connectivity index (χ1n) is 4.81. The number of hydrogen-bond acceptors (Lipinski definition) is 5. The SMILES string of the molecule is N=C(N)SCC(=O)Nc1ccc2c(c1)OCO2. The van der Waals surface area contributed by atoms with Crippen LogP contribution in [-0.2, 0) is 4.79 Å². The number of fused-ring (bicyclic) bond motifs is 1. The molecule has 0 spiro atoms. The van der Waals surface area contributed by atoms with Gasteiger partial charge in [-0.3, -0.25) is 10.2 Å². The van der Waals surface area contributed by atoms with Gasteiger partial charge in [-0.1, -0.05) is 11.8 Å². The lowest BCUT2D eigenvalue weighted by molar-refractivity contribution is -0.113. The molecule has 0 unspecified atom stereocenters. The van der Waals surface area contributed by atoms with Gasteiger partial charge < -0.3 is 20.5 Å². The molecule has 1 aliphatic rings. The molecule has 7 heteroatoms. The quantitative estimate of drug-likeness (QED) is 0.551. The van der Waals surface area contributed by atoms with Gasteiger partial charge in [0.15, 0.2) is 16.7 Å². The third-order valence-electron chi connectivity index (χ3n) is 2.02. The minimum Gasteiger partial charge on any atom is -0.454 e. The average Bonchev–Trinajstić information content (AvgIpc) is 2.73. The van der Waals surface area contributed by atoms with Crippen molar-refractivity contribution in [1.29, 1.82) is 5.41 Å². The van der Waals surface area contributed by atoms with Crippen LogP contribution < -0.4 is 20.5 Å². The van der Waals surface area contributed by atoms with Gasteiger partial charge in [-0.05, 0) is 12.1 Å². The molecule has 2 rings (SSSR count). The highest BCUT2D eigenvalue weighted by Gasteiger charge is 2.14. The summed E-state index contributed by atoms with van der Waals surface area (Å²) in [4.78, 5) is 11.5. The molecule has 4 N–H and O–H groups in total.